The average molecular weight is 411 g/mol. The molecular weight excluding hydrogens is 390 g/mol. The molecule has 0 unspecified atom stereocenters. The summed E-state index contributed by atoms with van der Waals surface area (Å²) in [7, 11) is 0. The van der Waals surface area contributed by atoms with Crippen molar-refractivity contribution in [1.82, 2.24) is 10.3 Å². The Morgan fingerprint density at radius 2 is 1.90 bits per heavy atom. The highest BCUT2D eigenvalue weighted by atomic mass is 19.4. The highest BCUT2D eigenvalue weighted by Gasteiger charge is 2.32. The quantitative estimate of drug-likeness (QED) is 0.767. The summed E-state index contributed by atoms with van der Waals surface area (Å²) in [4.78, 5) is 17.7. The van der Waals surface area contributed by atoms with E-state index in [2.05, 4.69) is 19.9 Å². The van der Waals surface area contributed by atoms with Gasteiger partial charge in [-0.25, -0.2) is 4.39 Å². The van der Waals surface area contributed by atoms with Crippen molar-refractivity contribution in [3.8, 4) is 17.0 Å². The van der Waals surface area contributed by atoms with Crippen molar-refractivity contribution in [3.63, 3.8) is 0 Å². The molecule has 2 aromatic rings. The third-order valence-electron chi connectivity index (χ3n) is 4.66. The van der Waals surface area contributed by atoms with Crippen LogP contribution in [0.3, 0.4) is 0 Å². The number of pyridine rings is 1. The van der Waals surface area contributed by atoms with Gasteiger partial charge in [0.1, 0.15) is 0 Å². The van der Waals surface area contributed by atoms with Gasteiger partial charge in [0.05, 0.1) is 5.69 Å². The van der Waals surface area contributed by atoms with E-state index in [9.17, 15) is 22.4 Å². The summed E-state index contributed by atoms with van der Waals surface area (Å²) < 4.78 is 54.7. The first-order valence-electron chi connectivity index (χ1n) is 9.17. The number of amides is 1. The minimum Gasteiger partial charge on any atom is -0.403 e. The zero-order valence-electron chi connectivity index (χ0n) is 16.0. The van der Waals surface area contributed by atoms with Crippen molar-refractivity contribution in [2.75, 3.05) is 18.0 Å². The fourth-order valence-corrected chi connectivity index (χ4v) is 3.42. The van der Waals surface area contributed by atoms with E-state index in [0.29, 0.717) is 17.0 Å². The summed E-state index contributed by atoms with van der Waals surface area (Å²) in [6.45, 7) is 4.77. The van der Waals surface area contributed by atoms with Crippen LogP contribution in [0.2, 0.25) is 0 Å². The Labute approximate surface area is 165 Å². The number of halogens is 4. The second kappa shape index (κ2) is 8.26. The van der Waals surface area contributed by atoms with Gasteiger partial charge in [0.2, 0.25) is 5.91 Å². The molecule has 1 aliphatic rings. The summed E-state index contributed by atoms with van der Waals surface area (Å²) in [6, 6.07) is 7.10. The molecule has 1 amide bonds. The van der Waals surface area contributed by atoms with E-state index >= 15 is 0 Å². The van der Waals surface area contributed by atoms with Gasteiger partial charge in [-0.3, -0.25) is 9.78 Å². The van der Waals surface area contributed by atoms with E-state index in [1.165, 1.54) is 13.0 Å². The number of ether oxygens (including phenoxy) is 1. The van der Waals surface area contributed by atoms with Crippen LogP contribution in [0.5, 0.6) is 5.75 Å². The molecule has 156 valence electrons. The van der Waals surface area contributed by atoms with Gasteiger partial charge in [-0.2, -0.15) is 0 Å². The number of aryl methyl sites for hydroxylation is 1. The van der Waals surface area contributed by atoms with Crippen molar-refractivity contribution in [1.29, 1.82) is 0 Å². The van der Waals surface area contributed by atoms with Gasteiger partial charge in [0.25, 0.3) is 0 Å². The molecule has 1 fully saturated rings. The number of carbonyl (C=O) groups is 1. The molecule has 1 aromatic heterocycles. The topological polar surface area (TPSA) is 54.5 Å². The van der Waals surface area contributed by atoms with Gasteiger partial charge in [-0.15, -0.1) is 13.2 Å². The van der Waals surface area contributed by atoms with Gasteiger partial charge in [0, 0.05) is 43.0 Å². The van der Waals surface area contributed by atoms with Crippen LogP contribution in [0.25, 0.3) is 11.3 Å². The number of carbonyl (C=O) groups excluding carboxylic acids is 1. The molecule has 3 rings (SSSR count). The van der Waals surface area contributed by atoms with Gasteiger partial charge in [0.15, 0.2) is 11.6 Å². The summed E-state index contributed by atoms with van der Waals surface area (Å²) in [5.41, 5.74) is 2.42. The van der Waals surface area contributed by atoms with Gasteiger partial charge in [-0.05, 0) is 50.1 Å². The zero-order valence-corrected chi connectivity index (χ0v) is 16.0. The van der Waals surface area contributed by atoms with E-state index in [-0.39, 0.29) is 11.9 Å². The van der Waals surface area contributed by atoms with Gasteiger partial charge < -0.3 is 15.0 Å². The van der Waals surface area contributed by atoms with Crippen LogP contribution >= 0.6 is 0 Å². The summed E-state index contributed by atoms with van der Waals surface area (Å²) in [5.74, 6) is -2.04. The van der Waals surface area contributed by atoms with Crippen LogP contribution in [-0.2, 0) is 4.79 Å². The maximum absolute atomic E-state index is 14.1. The molecule has 2 heterocycles. The minimum atomic E-state index is -4.96. The van der Waals surface area contributed by atoms with E-state index in [4.69, 9.17) is 0 Å². The highest BCUT2D eigenvalue weighted by molar-refractivity contribution is 5.73. The second-order valence-corrected chi connectivity index (χ2v) is 7.01. The van der Waals surface area contributed by atoms with Crippen molar-refractivity contribution in [2.24, 2.45) is 0 Å². The fourth-order valence-electron chi connectivity index (χ4n) is 3.42. The largest absolute Gasteiger partial charge is 0.573 e. The molecule has 1 aliphatic heterocycles. The van der Waals surface area contributed by atoms with Crippen LogP contribution in [0, 0.1) is 12.7 Å². The maximum Gasteiger partial charge on any atom is 0.573 e. The summed E-state index contributed by atoms with van der Waals surface area (Å²) in [6.07, 6.45) is -3.36. The molecule has 0 atom stereocenters. The third-order valence-corrected chi connectivity index (χ3v) is 4.66. The van der Waals surface area contributed by atoms with Gasteiger partial charge >= 0.3 is 6.36 Å². The Morgan fingerprint density at radius 1 is 1.21 bits per heavy atom. The SMILES string of the molecule is CC(=O)NC1CCN(c2cc(C)nc(-c3ccc(OC(F)(F)F)c(F)c3)c2)CC1. The molecule has 0 aliphatic carbocycles. The van der Waals surface area contributed by atoms with E-state index < -0.39 is 17.9 Å². The smallest absolute Gasteiger partial charge is 0.403 e. The van der Waals surface area contributed by atoms with Crippen LogP contribution < -0.4 is 15.0 Å². The van der Waals surface area contributed by atoms with Crippen LogP contribution in [0.15, 0.2) is 30.3 Å². The van der Waals surface area contributed by atoms with E-state index in [1.54, 1.807) is 13.0 Å². The van der Waals surface area contributed by atoms with Crippen LogP contribution in [-0.4, -0.2) is 36.4 Å². The molecule has 1 saturated heterocycles. The average Bonchev–Trinajstić information content (AvgIpc) is 2.62. The lowest BCUT2D eigenvalue weighted by Gasteiger charge is -2.34. The number of rotatable bonds is 4. The Kier molecular flexibility index (Phi) is 5.95. The number of aromatic nitrogens is 1. The molecule has 0 bridgehead atoms. The van der Waals surface area contributed by atoms with Gasteiger partial charge in [-0.1, -0.05) is 0 Å². The minimum absolute atomic E-state index is 0.0505. The first-order valence-corrected chi connectivity index (χ1v) is 9.17. The highest BCUT2D eigenvalue weighted by Crippen LogP contribution is 2.31. The molecule has 0 radical (unpaired) electrons. The molecule has 29 heavy (non-hydrogen) atoms. The lowest BCUT2D eigenvalue weighted by molar-refractivity contribution is -0.275. The number of benzene rings is 1. The fraction of sp³-hybridized carbons (Fsp3) is 0.400. The van der Waals surface area contributed by atoms with Crippen LogP contribution in [0.1, 0.15) is 25.5 Å². The zero-order chi connectivity index (χ0) is 21.2. The lowest BCUT2D eigenvalue weighted by atomic mass is 10.0. The van der Waals surface area contributed by atoms with Crippen molar-refractivity contribution < 1.29 is 27.1 Å². The molecule has 0 saturated carbocycles. The summed E-state index contributed by atoms with van der Waals surface area (Å²) in [5, 5.41) is 2.92. The predicted octanol–water partition coefficient (Wildman–Crippen LogP) is 4.20. The normalized spacial score (nSPS) is 15.3. The number of hydrogen-bond acceptors (Lipinski definition) is 4. The number of hydrogen-bond donors (Lipinski definition) is 1. The first-order chi connectivity index (χ1) is 13.6. The molecular formula is C20H21F4N3O2. The van der Waals surface area contributed by atoms with Crippen molar-refractivity contribution in [3.05, 3.63) is 41.8 Å². The molecule has 9 heteroatoms. The van der Waals surface area contributed by atoms with Crippen LogP contribution in [0.4, 0.5) is 23.2 Å². The third kappa shape index (κ3) is 5.58. The van der Waals surface area contributed by atoms with Crippen molar-refractivity contribution in [2.45, 2.75) is 39.1 Å². The number of piperidine rings is 1. The molecule has 1 N–H and O–H groups in total. The number of alkyl halides is 3. The number of nitrogens with one attached hydrogen (secondary N) is 1. The second-order valence-electron chi connectivity index (χ2n) is 7.01. The Balaban J connectivity index is 1.79. The van der Waals surface area contributed by atoms with E-state index in [1.807, 2.05) is 6.07 Å². The predicted molar refractivity (Wildman–Crippen MR) is 100 cm³/mol. The standard InChI is InChI=1S/C20H21F4N3O2/c1-12-9-16(27-7-5-15(6-8-27)26-13(2)28)11-18(25-12)14-3-4-19(17(21)10-14)29-20(22,23)24/h3-4,9-11,15H,5-8H2,1-2H3,(H,26,28). The Bertz CT molecular complexity index is 894. The molecule has 5 nitrogen and oxygen atoms in total. The van der Waals surface area contributed by atoms with E-state index in [0.717, 1.165) is 43.8 Å². The summed E-state index contributed by atoms with van der Waals surface area (Å²) >= 11 is 0. The monoisotopic (exact) mass is 411 g/mol. The lowest BCUT2D eigenvalue weighted by Crippen LogP contribution is -2.44. The Morgan fingerprint density at radius 3 is 2.48 bits per heavy atom. The molecule has 1 aromatic carbocycles. The number of anilines is 1. The maximum atomic E-state index is 14.1. The first kappa shape index (κ1) is 20.9. The molecule has 0 spiro atoms. The number of nitrogens with zero attached hydrogens (tertiary/aromatic N) is 2. The Hall–Kier alpha value is -2.84. The van der Waals surface area contributed by atoms with Crippen molar-refractivity contribution >= 4 is 11.6 Å².